The molecule has 0 atom stereocenters. The molecule has 14 nitrogen and oxygen atoms in total. The van der Waals surface area contributed by atoms with E-state index in [0.29, 0.717) is 39.1 Å². The highest BCUT2D eigenvalue weighted by atomic mass is 35.5. The molecule has 0 spiro atoms. The van der Waals surface area contributed by atoms with Gasteiger partial charge < -0.3 is 39.0 Å². The molecule has 344 valence electrons. The summed E-state index contributed by atoms with van der Waals surface area (Å²) >= 11 is 4.71. The van der Waals surface area contributed by atoms with Gasteiger partial charge >= 0.3 is 23.9 Å². The number of phenols is 1. The molecule has 1 amide bonds. The summed E-state index contributed by atoms with van der Waals surface area (Å²) in [4.78, 5) is 67.1. The quantitative estimate of drug-likeness (QED) is 0.0239. The molecular formula is C45H75ClN2O12. The van der Waals surface area contributed by atoms with Crippen LogP contribution in [0.4, 0.5) is 0 Å². The zero-order valence-electron chi connectivity index (χ0n) is 37.1. The number of rotatable bonds is 31. The summed E-state index contributed by atoms with van der Waals surface area (Å²) in [5, 5.41) is 11.4. The average Bonchev–Trinajstić information content (AvgIpc) is 3.24. The molecule has 0 fully saturated rings. The lowest BCUT2D eigenvalue weighted by atomic mass is 10.1. The Balaban J connectivity index is -0.000000825. The van der Waals surface area contributed by atoms with Crippen molar-refractivity contribution in [1.29, 1.82) is 0 Å². The highest BCUT2D eigenvalue weighted by Crippen LogP contribution is 2.15. The number of allylic oxidation sites excluding steroid dienone is 1. The summed E-state index contributed by atoms with van der Waals surface area (Å²) in [5.74, 6) is -0.0249. The minimum Gasteiger partial charge on any atom is -0.508 e. The van der Waals surface area contributed by atoms with Gasteiger partial charge in [0.15, 0.2) is 0 Å². The van der Waals surface area contributed by atoms with Crippen molar-refractivity contribution in [2.24, 2.45) is 0 Å². The number of aromatic hydroxyl groups is 1. The largest absolute Gasteiger partial charge is 0.508 e. The van der Waals surface area contributed by atoms with Crippen LogP contribution in [0.1, 0.15) is 129 Å². The van der Waals surface area contributed by atoms with Gasteiger partial charge in [-0.1, -0.05) is 90.2 Å². The van der Waals surface area contributed by atoms with E-state index in [0.717, 1.165) is 89.0 Å². The number of esters is 4. The average molecular weight is 872 g/mol. The molecule has 0 bridgehead atoms. The molecule has 0 heterocycles. The topological polar surface area (TPSA) is 184 Å². The predicted octanol–water partition coefficient (Wildman–Crippen LogP) is 8.41. The van der Waals surface area contributed by atoms with Crippen LogP contribution >= 0.6 is 11.6 Å². The lowest BCUT2D eigenvalue weighted by molar-refractivity contribution is -0.147. The Morgan fingerprint density at radius 2 is 1.05 bits per heavy atom. The van der Waals surface area contributed by atoms with Gasteiger partial charge in [0.2, 0.25) is 11.1 Å². The molecule has 0 aliphatic rings. The molecule has 0 aliphatic carbocycles. The smallest absolute Gasteiger partial charge is 0.325 e. The predicted molar refractivity (Wildman–Crippen MR) is 236 cm³/mol. The maximum atomic E-state index is 11.8. The first kappa shape index (κ1) is 59.9. The van der Waals surface area contributed by atoms with E-state index < -0.39 is 5.24 Å². The number of phenolic OH excluding ortho intramolecular Hbond substituents is 1. The van der Waals surface area contributed by atoms with Gasteiger partial charge in [0.1, 0.15) is 18.0 Å². The van der Waals surface area contributed by atoms with Crippen molar-refractivity contribution in [3.05, 3.63) is 49.6 Å². The van der Waals surface area contributed by atoms with Gasteiger partial charge in [-0.25, -0.2) is 0 Å². The fraction of sp³-hybridized carbons (Fsp3) is 0.644. The van der Waals surface area contributed by atoms with E-state index in [1.165, 1.54) is 57.3 Å². The standard InChI is InChI=1S/C19H33NO5.C16H31NO4.C7H8O2.C3H3ClO/c1-4-17(21)20(16-19(23)25-5-2)15-13-11-9-7-6-8-10-12-14-18(22)24-3;1-3-21-16(19)14-17-13-11-9-7-5-4-6-8-10-12-15(18)20-2;1-9-7-4-2-6(8)3-5-7;1-2-3(4)5/h4H,1,5-16H2,2-3H3;17H,3-14H2,1-2H3;2-5,8H,1H3;2H,1H2. The lowest BCUT2D eigenvalue weighted by Crippen LogP contribution is -2.36. The molecule has 0 aliphatic heterocycles. The van der Waals surface area contributed by atoms with E-state index in [9.17, 15) is 28.8 Å². The van der Waals surface area contributed by atoms with E-state index >= 15 is 0 Å². The number of ether oxygens (including phenoxy) is 5. The van der Waals surface area contributed by atoms with E-state index in [-0.39, 0.29) is 42.1 Å². The minimum atomic E-state index is -0.509. The molecule has 0 unspecified atom stereocenters. The molecule has 0 radical (unpaired) electrons. The van der Waals surface area contributed by atoms with Gasteiger partial charge in [0.25, 0.3) is 0 Å². The van der Waals surface area contributed by atoms with Gasteiger partial charge in [-0.3, -0.25) is 28.8 Å². The second kappa shape index (κ2) is 45.7. The van der Waals surface area contributed by atoms with Crippen LogP contribution in [0.25, 0.3) is 0 Å². The summed E-state index contributed by atoms with van der Waals surface area (Å²) in [6.07, 6.45) is 20.9. The molecule has 60 heavy (non-hydrogen) atoms. The van der Waals surface area contributed by atoms with Gasteiger partial charge in [0.05, 0.1) is 41.1 Å². The van der Waals surface area contributed by atoms with Crippen molar-refractivity contribution >= 4 is 46.6 Å². The van der Waals surface area contributed by atoms with Crippen molar-refractivity contribution in [3.63, 3.8) is 0 Å². The monoisotopic (exact) mass is 871 g/mol. The van der Waals surface area contributed by atoms with E-state index in [2.05, 4.69) is 27.9 Å². The summed E-state index contributed by atoms with van der Waals surface area (Å²) in [6, 6.07) is 6.57. The van der Waals surface area contributed by atoms with Gasteiger partial charge in [-0.15, -0.1) is 0 Å². The van der Waals surface area contributed by atoms with Crippen LogP contribution in [0.2, 0.25) is 0 Å². The minimum absolute atomic E-state index is 0.0150. The van der Waals surface area contributed by atoms with Gasteiger partial charge in [-0.05, 0) is 94.1 Å². The summed E-state index contributed by atoms with van der Waals surface area (Å²) in [5.41, 5.74) is 0. The Kier molecular flexibility index (Phi) is 45.6. The first-order valence-electron chi connectivity index (χ1n) is 21.1. The SMILES string of the molecule is C=CC(=O)Cl.C=CC(=O)N(CCCCCCCCCCC(=O)OC)CC(=O)OCC.CCOC(=O)CNCCCCCCCCCCC(=O)OC.COc1ccc(O)cc1. The number of carbonyl (C=O) groups excluding carboxylic acids is 6. The van der Waals surface area contributed by atoms with Crippen molar-refractivity contribution < 1.29 is 57.6 Å². The maximum Gasteiger partial charge on any atom is 0.325 e. The van der Waals surface area contributed by atoms with E-state index in [1.807, 2.05) is 6.92 Å². The number of amides is 1. The van der Waals surface area contributed by atoms with Crippen molar-refractivity contribution in [2.45, 2.75) is 129 Å². The number of unbranched alkanes of at least 4 members (excludes halogenated alkanes) is 14. The lowest BCUT2D eigenvalue weighted by Gasteiger charge is -2.20. The zero-order chi connectivity index (χ0) is 45.7. The second-order valence-electron chi connectivity index (χ2n) is 13.3. The summed E-state index contributed by atoms with van der Waals surface area (Å²) in [7, 11) is 4.44. The van der Waals surface area contributed by atoms with E-state index in [1.54, 1.807) is 38.3 Å². The second-order valence-corrected chi connectivity index (χ2v) is 13.6. The molecule has 1 aromatic rings. The van der Waals surface area contributed by atoms with Crippen molar-refractivity contribution in [3.8, 4) is 11.5 Å². The highest BCUT2D eigenvalue weighted by Gasteiger charge is 2.15. The fourth-order valence-electron chi connectivity index (χ4n) is 5.16. The number of benzene rings is 1. The van der Waals surface area contributed by atoms with Crippen LogP contribution in [0, 0.1) is 0 Å². The van der Waals surface area contributed by atoms with Crippen LogP contribution in [-0.2, 0) is 47.7 Å². The Bertz CT molecular complexity index is 1280. The van der Waals surface area contributed by atoms with E-state index in [4.69, 9.17) is 30.9 Å². The number of methoxy groups -OCH3 is 3. The van der Waals surface area contributed by atoms with Crippen LogP contribution in [0.3, 0.4) is 0 Å². The van der Waals surface area contributed by atoms with Crippen LogP contribution < -0.4 is 10.1 Å². The molecule has 1 rings (SSSR count). The number of halogens is 1. The molecular weight excluding hydrogens is 796 g/mol. The summed E-state index contributed by atoms with van der Waals surface area (Å²) < 4.78 is 23.8. The molecule has 0 aromatic heterocycles. The fourth-order valence-corrected chi connectivity index (χ4v) is 5.16. The summed E-state index contributed by atoms with van der Waals surface area (Å²) in [6.45, 7) is 12.6. The first-order valence-corrected chi connectivity index (χ1v) is 21.4. The van der Waals surface area contributed by atoms with Crippen LogP contribution in [0.15, 0.2) is 49.6 Å². The Morgan fingerprint density at radius 3 is 1.45 bits per heavy atom. The third-order valence-electron chi connectivity index (χ3n) is 8.42. The van der Waals surface area contributed by atoms with Gasteiger partial charge in [-0.2, -0.15) is 0 Å². The molecule has 2 N–H and O–H groups in total. The molecule has 0 saturated carbocycles. The zero-order valence-corrected chi connectivity index (χ0v) is 37.9. The van der Waals surface area contributed by atoms with Gasteiger partial charge in [0, 0.05) is 19.4 Å². The third-order valence-corrected chi connectivity index (χ3v) is 8.57. The Hall–Kier alpha value is -4.43. The number of nitrogens with one attached hydrogen (secondary N) is 1. The molecule has 15 heteroatoms. The number of carbonyl (C=O) groups is 6. The first-order chi connectivity index (χ1) is 28.8. The molecule has 0 saturated heterocycles. The van der Waals surface area contributed by atoms with Crippen molar-refractivity contribution in [1.82, 2.24) is 10.2 Å². The Labute approximate surface area is 364 Å². The number of hydrogen-bond donors (Lipinski definition) is 2. The highest BCUT2D eigenvalue weighted by molar-refractivity contribution is 6.66. The third kappa shape index (κ3) is 44.7. The van der Waals surface area contributed by atoms with Crippen LogP contribution in [-0.4, -0.2) is 106 Å². The Morgan fingerprint density at radius 1 is 0.633 bits per heavy atom. The number of nitrogens with zero attached hydrogens (tertiary/aromatic N) is 1. The normalized spacial score (nSPS) is 9.77. The molecule has 1 aromatic carbocycles. The van der Waals surface area contributed by atoms with Crippen LogP contribution in [0.5, 0.6) is 11.5 Å². The number of hydrogen-bond acceptors (Lipinski definition) is 13. The maximum absolute atomic E-state index is 11.8. The van der Waals surface area contributed by atoms with Crippen molar-refractivity contribution in [2.75, 3.05) is 60.7 Å².